The van der Waals surface area contributed by atoms with E-state index in [1.165, 1.54) is 27.8 Å². The Morgan fingerprint density at radius 1 is 0.400 bits per heavy atom. The van der Waals surface area contributed by atoms with E-state index in [1.54, 1.807) is 0 Å². The van der Waals surface area contributed by atoms with Crippen LogP contribution in [0.4, 0.5) is 0 Å². The summed E-state index contributed by atoms with van der Waals surface area (Å²) in [4.78, 5) is 10.6. The summed E-state index contributed by atoms with van der Waals surface area (Å²) < 4.78 is 6.10. The molecular weight excluding hydrogens is 669 g/mol. The molecule has 0 radical (unpaired) electrons. The van der Waals surface area contributed by atoms with E-state index in [0.717, 1.165) is 71.9 Å². The van der Waals surface area contributed by atoms with E-state index in [4.69, 9.17) is 14.4 Å². The molecule has 0 fully saturated rings. The summed E-state index contributed by atoms with van der Waals surface area (Å²) in [6.45, 7) is 2.35. The van der Waals surface area contributed by atoms with Crippen LogP contribution in [0.25, 0.3) is 88.9 Å². The van der Waals surface area contributed by atoms with Crippen LogP contribution in [0.1, 0.15) is 23.6 Å². The second kappa shape index (κ2) is 12.2. The predicted octanol–water partition coefficient (Wildman–Crippen LogP) is 13.5. The fraction of sp³-hybridized carbons (Fsp3) is 0.0385. The Hall–Kier alpha value is -7.10. The molecule has 3 heteroatoms. The molecule has 0 saturated carbocycles. The van der Waals surface area contributed by atoms with Gasteiger partial charge in [0, 0.05) is 32.9 Å². The molecule has 2 aromatic heterocycles. The van der Waals surface area contributed by atoms with Gasteiger partial charge < -0.3 is 4.42 Å². The van der Waals surface area contributed by atoms with Gasteiger partial charge in [-0.15, -0.1) is 0 Å². The molecule has 1 aliphatic rings. The van der Waals surface area contributed by atoms with Crippen molar-refractivity contribution in [1.29, 1.82) is 0 Å². The molecule has 55 heavy (non-hydrogen) atoms. The molecule has 258 valence electrons. The first kappa shape index (κ1) is 31.4. The lowest BCUT2D eigenvalue weighted by Crippen LogP contribution is -2.22. The summed E-state index contributed by atoms with van der Waals surface area (Å²) in [5.74, 6) is 0.709. The van der Waals surface area contributed by atoms with Crippen molar-refractivity contribution < 1.29 is 4.42 Å². The third kappa shape index (κ3) is 4.97. The van der Waals surface area contributed by atoms with E-state index >= 15 is 0 Å². The normalized spacial score (nSPS) is 14.7. The van der Waals surface area contributed by atoms with Crippen LogP contribution in [0.5, 0.6) is 0 Å². The lowest BCUT2D eigenvalue weighted by molar-refractivity contribution is 0.669. The van der Waals surface area contributed by atoms with Gasteiger partial charge in [0.05, 0.1) is 11.4 Å². The first-order valence-corrected chi connectivity index (χ1v) is 18.8. The Morgan fingerprint density at radius 2 is 1.02 bits per heavy atom. The fourth-order valence-electron chi connectivity index (χ4n) is 8.77. The van der Waals surface area contributed by atoms with Gasteiger partial charge in [0.2, 0.25) is 0 Å². The van der Waals surface area contributed by atoms with Crippen LogP contribution in [-0.2, 0) is 5.41 Å². The van der Waals surface area contributed by atoms with E-state index in [1.807, 2.05) is 12.1 Å². The molecule has 0 bridgehead atoms. The van der Waals surface area contributed by atoms with Gasteiger partial charge in [-0.25, -0.2) is 9.97 Å². The number of rotatable bonds is 5. The number of nitrogens with zero attached hydrogens (tertiary/aromatic N) is 2. The highest BCUT2D eigenvalue weighted by Crippen LogP contribution is 2.53. The van der Waals surface area contributed by atoms with Crippen molar-refractivity contribution in [3.05, 3.63) is 205 Å². The van der Waals surface area contributed by atoms with Crippen molar-refractivity contribution >= 4 is 32.7 Å². The van der Waals surface area contributed by atoms with Crippen molar-refractivity contribution in [3.8, 4) is 56.2 Å². The number of furan rings is 1. The summed E-state index contributed by atoms with van der Waals surface area (Å²) in [7, 11) is 0. The van der Waals surface area contributed by atoms with E-state index in [2.05, 4.69) is 183 Å². The smallest absolute Gasteiger partial charge is 0.161 e. The molecule has 3 nitrogen and oxygen atoms in total. The molecular formula is C52H34N2O. The second-order valence-corrected chi connectivity index (χ2v) is 14.7. The van der Waals surface area contributed by atoms with Crippen LogP contribution >= 0.6 is 0 Å². The molecule has 0 aliphatic heterocycles. The van der Waals surface area contributed by atoms with Gasteiger partial charge >= 0.3 is 0 Å². The van der Waals surface area contributed by atoms with Crippen LogP contribution in [0, 0.1) is 0 Å². The number of benzene rings is 8. The monoisotopic (exact) mass is 702 g/mol. The van der Waals surface area contributed by atoms with Gasteiger partial charge in [-0.3, -0.25) is 0 Å². The topological polar surface area (TPSA) is 38.9 Å². The quantitative estimate of drug-likeness (QED) is 0.179. The summed E-state index contributed by atoms with van der Waals surface area (Å²) in [6.07, 6.45) is 0. The van der Waals surface area contributed by atoms with Gasteiger partial charge in [0.25, 0.3) is 0 Å². The van der Waals surface area contributed by atoms with Crippen molar-refractivity contribution in [2.24, 2.45) is 0 Å². The SMILES string of the molecule is CC1(c2ccccc2)c2ccccc2-c2cc(-c3cc(-c4ccc(-c5ccc6oc7ccccc7c6c5)cc4)nc(-c4cccc5ccccc45)n3)ccc21. The third-order valence-corrected chi connectivity index (χ3v) is 11.6. The zero-order chi connectivity index (χ0) is 36.5. The second-order valence-electron chi connectivity index (χ2n) is 14.7. The largest absolute Gasteiger partial charge is 0.456 e. The van der Waals surface area contributed by atoms with E-state index in [-0.39, 0.29) is 5.41 Å². The van der Waals surface area contributed by atoms with Crippen LogP contribution in [0.3, 0.4) is 0 Å². The minimum absolute atomic E-state index is 0.256. The fourth-order valence-corrected chi connectivity index (χ4v) is 8.77. The molecule has 1 unspecified atom stereocenters. The maximum atomic E-state index is 6.10. The van der Waals surface area contributed by atoms with Crippen LogP contribution in [-0.4, -0.2) is 9.97 Å². The first-order chi connectivity index (χ1) is 27.1. The Labute approximate surface area is 319 Å². The number of hydrogen-bond donors (Lipinski definition) is 0. The minimum Gasteiger partial charge on any atom is -0.456 e. The Morgan fingerprint density at radius 3 is 1.89 bits per heavy atom. The highest BCUT2D eigenvalue weighted by molar-refractivity contribution is 6.06. The van der Waals surface area contributed by atoms with E-state index in [9.17, 15) is 0 Å². The zero-order valence-corrected chi connectivity index (χ0v) is 30.2. The van der Waals surface area contributed by atoms with Gasteiger partial charge in [-0.1, -0.05) is 158 Å². The highest BCUT2D eigenvalue weighted by Gasteiger charge is 2.40. The molecule has 0 spiro atoms. The lowest BCUT2D eigenvalue weighted by atomic mass is 9.74. The molecule has 0 saturated heterocycles. The molecule has 8 aromatic carbocycles. The Kier molecular flexibility index (Phi) is 6.99. The molecule has 11 rings (SSSR count). The minimum atomic E-state index is -0.256. The van der Waals surface area contributed by atoms with Crippen molar-refractivity contribution in [2.45, 2.75) is 12.3 Å². The average molecular weight is 703 g/mol. The van der Waals surface area contributed by atoms with E-state index in [0.29, 0.717) is 5.82 Å². The number of fused-ring (bicyclic) bond motifs is 7. The molecule has 2 heterocycles. The van der Waals surface area contributed by atoms with Gasteiger partial charge in [0.1, 0.15) is 11.2 Å². The number of aromatic nitrogens is 2. The van der Waals surface area contributed by atoms with Crippen LogP contribution in [0.2, 0.25) is 0 Å². The van der Waals surface area contributed by atoms with Gasteiger partial charge in [-0.05, 0) is 87.0 Å². The van der Waals surface area contributed by atoms with Crippen molar-refractivity contribution in [3.63, 3.8) is 0 Å². The summed E-state index contributed by atoms with van der Waals surface area (Å²) >= 11 is 0. The predicted molar refractivity (Wildman–Crippen MR) is 226 cm³/mol. The molecule has 1 aliphatic carbocycles. The van der Waals surface area contributed by atoms with Gasteiger partial charge in [0.15, 0.2) is 5.82 Å². The Bertz CT molecular complexity index is 3100. The summed E-state index contributed by atoms with van der Waals surface area (Å²) in [5.41, 5.74) is 15.2. The molecule has 0 amide bonds. The van der Waals surface area contributed by atoms with Crippen molar-refractivity contribution in [2.75, 3.05) is 0 Å². The van der Waals surface area contributed by atoms with Crippen LogP contribution < -0.4 is 0 Å². The first-order valence-electron chi connectivity index (χ1n) is 18.8. The zero-order valence-electron chi connectivity index (χ0n) is 30.2. The number of para-hydroxylation sites is 1. The van der Waals surface area contributed by atoms with Crippen LogP contribution in [0.15, 0.2) is 192 Å². The maximum absolute atomic E-state index is 6.10. The Balaban J connectivity index is 1.05. The molecule has 0 N–H and O–H groups in total. The third-order valence-electron chi connectivity index (χ3n) is 11.6. The average Bonchev–Trinajstić information content (AvgIpc) is 3.76. The van der Waals surface area contributed by atoms with Crippen molar-refractivity contribution in [1.82, 2.24) is 9.97 Å². The highest BCUT2D eigenvalue weighted by atomic mass is 16.3. The van der Waals surface area contributed by atoms with Gasteiger partial charge in [-0.2, -0.15) is 0 Å². The molecule has 1 atom stereocenters. The standard InChI is InChI=1S/C52H34N2O/c1-52(38-14-3-2-4-15-38)45-20-9-7-17-40(45)43-31-37(26-28-46(43)52)48-32-47(53-51(54-48)42-19-11-13-34-12-5-6-16-39(34)42)35-24-22-33(23-25-35)36-27-29-50-44(30-36)41-18-8-10-21-49(41)55-50/h2-32H,1H3. The maximum Gasteiger partial charge on any atom is 0.161 e. The number of hydrogen-bond acceptors (Lipinski definition) is 3. The van der Waals surface area contributed by atoms with E-state index < -0.39 is 0 Å². The lowest BCUT2D eigenvalue weighted by Gasteiger charge is -2.28. The summed E-state index contributed by atoms with van der Waals surface area (Å²) in [5, 5.41) is 4.55. The molecule has 10 aromatic rings. The summed E-state index contributed by atoms with van der Waals surface area (Å²) in [6, 6.07) is 67.0.